The van der Waals surface area contributed by atoms with Crippen LogP contribution in [0.3, 0.4) is 0 Å². The molecule has 0 unspecified atom stereocenters. The monoisotopic (exact) mass is 291 g/mol. The zero-order valence-electron chi connectivity index (χ0n) is 10.9. The van der Waals surface area contributed by atoms with Gasteiger partial charge in [0.05, 0.1) is 12.2 Å². The van der Waals surface area contributed by atoms with Crippen molar-refractivity contribution in [3.05, 3.63) is 59.4 Å². The molecule has 0 saturated carbocycles. The van der Waals surface area contributed by atoms with Gasteiger partial charge in [0.25, 0.3) is 0 Å². The van der Waals surface area contributed by atoms with E-state index in [1.807, 2.05) is 18.2 Å². The van der Waals surface area contributed by atoms with Crippen molar-refractivity contribution in [2.24, 2.45) is 5.73 Å². The van der Waals surface area contributed by atoms with Gasteiger partial charge in [-0.05, 0) is 29.8 Å². The molecule has 0 aliphatic heterocycles. The molecule has 104 valence electrons. The van der Waals surface area contributed by atoms with E-state index in [2.05, 4.69) is 0 Å². The van der Waals surface area contributed by atoms with Gasteiger partial charge in [0.15, 0.2) is 0 Å². The van der Waals surface area contributed by atoms with Crippen LogP contribution < -0.4 is 10.5 Å². The van der Waals surface area contributed by atoms with E-state index in [9.17, 15) is 4.39 Å². The Balaban J connectivity index is 2.32. The maximum atomic E-state index is 13.7. The molecule has 0 saturated heterocycles. The highest BCUT2D eigenvalue weighted by Gasteiger charge is 2.13. The highest BCUT2D eigenvalue weighted by molar-refractivity contribution is 7.80. The van der Waals surface area contributed by atoms with Crippen molar-refractivity contribution >= 4 is 17.2 Å². The van der Waals surface area contributed by atoms with Crippen molar-refractivity contribution in [3.8, 4) is 11.5 Å². The molecule has 0 spiro atoms. The number of thiocarbonyl (C=S) groups is 1. The van der Waals surface area contributed by atoms with Crippen LogP contribution in [0.25, 0.3) is 0 Å². The second-order valence-electron chi connectivity index (χ2n) is 4.16. The topological polar surface area (TPSA) is 44.5 Å². The summed E-state index contributed by atoms with van der Waals surface area (Å²) in [5, 5.41) is 0. The van der Waals surface area contributed by atoms with Gasteiger partial charge in [0, 0.05) is 7.11 Å². The minimum atomic E-state index is -0.497. The summed E-state index contributed by atoms with van der Waals surface area (Å²) in [7, 11) is 1.62. The summed E-state index contributed by atoms with van der Waals surface area (Å²) in [5.74, 6) is 0.373. The van der Waals surface area contributed by atoms with E-state index in [-0.39, 0.29) is 10.6 Å². The SMILES string of the molecule is COCc1cccc(Oc2cccc(F)c2C(N)=S)c1. The molecule has 2 N–H and O–H groups in total. The van der Waals surface area contributed by atoms with Crippen molar-refractivity contribution in [1.82, 2.24) is 0 Å². The Bertz CT molecular complexity index is 631. The summed E-state index contributed by atoms with van der Waals surface area (Å²) in [6.07, 6.45) is 0. The second kappa shape index (κ2) is 6.45. The summed E-state index contributed by atoms with van der Waals surface area (Å²) < 4.78 is 24.5. The standard InChI is InChI=1S/C15H14FNO2S/c1-18-9-10-4-2-5-11(8-10)19-13-7-3-6-12(16)14(13)15(17)20/h2-8H,9H2,1H3,(H2,17,20). The Morgan fingerprint density at radius 2 is 2.00 bits per heavy atom. The lowest BCUT2D eigenvalue weighted by Gasteiger charge is -2.11. The predicted octanol–water partition coefficient (Wildman–Crippen LogP) is 3.40. The molecule has 0 fully saturated rings. The maximum Gasteiger partial charge on any atom is 0.140 e. The molecule has 2 aromatic carbocycles. The van der Waals surface area contributed by atoms with Crippen LogP contribution in [-0.2, 0) is 11.3 Å². The Morgan fingerprint density at radius 3 is 2.70 bits per heavy atom. The Morgan fingerprint density at radius 1 is 1.25 bits per heavy atom. The zero-order chi connectivity index (χ0) is 14.5. The maximum absolute atomic E-state index is 13.7. The number of rotatable bonds is 5. The summed E-state index contributed by atoms with van der Waals surface area (Å²) in [6, 6.07) is 11.8. The van der Waals surface area contributed by atoms with Crippen LogP contribution in [0, 0.1) is 5.82 Å². The highest BCUT2D eigenvalue weighted by Crippen LogP contribution is 2.27. The summed E-state index contributed by atoms with van der Waals surface area (Å²) in [6.45, 7) is 0.475. The molecule has 20 heavy (non-hydrogen) atoms. The number of nitrogens with two attached hydrogens (primary N) is 1. The Kier molecular flexibility index (Phi) is 4.65. The summed E-state index contributed by atoms with van der Waals surface area (Å²) in [4.78, 5) is -0.0360. The van der Waals surface area contributed by atoms with Crippen LogP contribution in [0.15, 0.2) is 42.5 Å². The Labute approximate surface area is 122 Å². The number of methoxy groups -OCH3 is 1. The fourth-order valence-corrected chi connectivity index (χ4v) is 2.02. The number of benzene rings is 2. The van der Waals surface area contributed by atoms with E-state index >= 15 is 0 Å². The molecule has 2 aromatic rings. The molecule has 0 radical (unpaired) electrons. The first-order chi connectivity index (χ1) is 9.61. The third-order valence-corrected chi connectivity index (χ3v) is 2.86. The first kappa shape index (κ1) is 14.4. The van der Waals surface area contributed by atoms with E-state index < -0.39 is 5.82 Å². The van der Waals surface area contributed by atoms with E-state index in [4.69, 9.17) is 27.4 Å². The van der Waals surface area contributed by atoms with Gasteiger partial charge in [-0.3, -0.25) is 0 Å². The van der Waals surface area contributed by atoms with Crippen LogP contribution in [0.1, 0.15) is 11.1 Å². The molecule has 5 heteroatoms. The first-order valence-electron chi connectivity index (χ1n) is 5.96. The van der Waals surface area contributed by atoms with Crippen LogP contribution in [-0.4, -0.2) is 12.1 Å². The molecule has 2 rings (SSSR count). The summed E-state index contributed by atoms with van der Waals surface area (Å²) in [5.41, 5.74) is 6.61. The van der Waals surface area contributed by atoms with Gasteiger partial charge in [-0.1, -0.05) is 30.4 Å². The molecule has 0 aliphatic carbocycles. The highest BCUT2D eigenvalue weighted by atomic mass is 32.1. The first-order valence-corrected chi connectivity index (χ1v) is 6.36. The van der Waals surface area contributed by atoms with Crippen LogP contribution in [0.2, 0.25) is 0 Å². The lowest BCUT2D eigenvalue weighted by Crippen LogP contribution is -2.13. The van der Waals surface area contributed by atoms with Crippen molar-refractivity contribution in [2.45, 2.75) is 6.61 Å². The quantitative estimate of drug-likeness (QED) is 0.858. The third-order valence-electron chi connectivity index (χ3n) is 2.66. The molecular formula is C15H14FNO2S. The molecule has 0 atom stereocenters. The minimum absolute atomic E-state index is 0.0360. The van der Waals surface area contributed by atoms with E-state index in [1.165, 1.54) is 6.07 Å². The Hall–Kier alpha value is -1.98. The normalized spacial score (nSPS) is 10.3. The van der Waals surface area contributed by atoms with Crippen molar-refractivity contribution in [2.75, 3.05) is 7.11 Å². The number of ether oxygens (including phenoxy) is 2. The van der Waals surface area contributed by atoms with Gasteiger partial charge in [-0.25, -0.2) is 4.39 Å². The van der Waals surface area contributed by atoms with E-state index in [0.717, 1.165) is 5.56 Å². The fraction of sp³-hybridized carbons (Fsp3) is 0.133. The van der Waals surface area contributed by atoms with E-state index in [0.29, 0.717) is 18.1 Å². The molecular weight excluding hydrogens is 277 g/mol. The van der Waals surface area contributed by atoms with Gasteiger partial charge in [0.1, 0.15) is 22.3 Å². The molecule has 0 aliphatic rings. The lowest BCUT2D eigenvalue weighted by atomic mass is 10.2. The van der Waals surface area contributed by atoms with Crippen LogP contribution in [0.5, 0.6) is 11.5 Å². The number of hydrogen-bond donors (Lipinski definition) is 1. The third kappa shape index (κ3) is 3.31. The lowest BCUT2D eigenvalue weighted by molar-refractivity contribution is 0.184. The van der Waals surface area contributed by atoms with Gasteiger partial charge in [-0.2, -0.15) is 0 Å². The molecule has 0 heterocycles. The van der Waals surface area contributed by atoms with Gasteiger partial charge in [-0.15, -0.1) is 0 Å². The van der Waals surface area contributed by atoms with Crippen molar-refractivity contribution in [3.63, 3.8) is 0 Å². The van der Waals surface area contributed by atoms with Gasteiger partial charge >= 0.3 is 0 Å². The average Bonchev–Trinajstić information content (AvgIpc) is 2.39. The number of hydrogen-bond acceptors (Lipinski definition) is 3. The largest absolute Gasteiger partial charge is 0.457 e. The average molecular weight is 291 g/mol. The van der Waals surface area contributed by atoms with Crippen molar-refractivity contribution in [1.29, 1.82) is 0 Å². The van der Waals surface area contributed by atoms with E-state index in [1.54, 1.807) is 25.3 Å². The summed E-state index contributed by atoms with van der Waals surface area (Å²) >= 11 is 4.86. The van der Waals surface area contributed by atoms with Gasteiger partial charge < -0.3 is 15.2 Å². The smallest absolute Gasteiger partial charge is 0.140 e. The second-order valence-corrected chi connectivity index (χ2v) is 4.60. The number of halogens is 1. The van der Waals surface area contributed by atoms with Crippen molar-refractivity contribution < 1.29 is 13.9 Å². The molecule has 3 nitrogen and oxygen atoms in total. The molecule has 0 aromatic heterocycles. The molecule has 0 amide bonds. The van der Waals surface area contributed by atoms with Crippen LogP contribution in [0.4, 0.5) is 4.39 Å². The van der Waals surface area contributed by atoms with Gasteiger partial charge in [0.2, 0.25) is 0 Å². The zero-order valence-corrected chi connectivity index (χ0v) is 11.7. The van der Waals surface area contributed by atoms with Crippen LogP contribution >= 0.6 is 12.2 Å². The predicted molar refractivity (Wildman–Crippen MR) is 79.5 cm³/mol. The fourth-order valence-electron chi connectivity index (χ4n) is 1.82. The minimum Gasteiger partial charge on any atom is -0.457 e. The molecule has 0 bridgehead atoms.